The molecule has 0 aliphatic heterocycles. The van der Waals surface area contributed by atoms with Gasteiger partial charge >= 0.3 is 0 Å². The van der Waals surface area contributed by atoms with Crippen LogP contribution in [0.5, 0.6) is 0 Å². The first-order chi connectivity index (χ1) is 13.2. The van der Waals surface area contributed by atoms with Crippen molar-refractivity contribution in [3.8, 4) is 16.9 Å². The Bertz CT molecular complexity index is 1290. The van der Waals surface area contributed by atoms with E-state index in [1.807, 2.05) is 78.4 Å². The maximum atomic E-state index is 15.8. The van der Waals surface area contributed by atoms with Gasteiger partial charge in [0, 0.05) is 34.9 Å². The molecule has 5 aromatic rings. The standard InChI is InChI=1S/C23H16FN3/c1-15-6-8-16(9-7-15)22-21(24)23(18-4-2-3-5-19(18)26-22)27-13-11-17-14-25-12-10-20(17)27/h2-14H,1H3. The molecular weight excluding hydrogens is 337 g/mol. The fraction of sp³-hybridized carbons (Fsp3) is 0.0435. The first kappa shape index (κ1) is 15.7. The third kappa shape index (κ3) is 2.49. The monoisotopic (exact) mass is 353 g/mol. The summed E-state index contributed by atoms with van der Waals surface area (Å²) in [5.41, 5.74) is 4.44. The molecule has 0 amide bonds. The maximum absolute atomic E-state index is 15.8. The molecule has 3 heterocycles. The van der Waals surface area contributed by atoms with Gasteiger partial charge in [-0.1, -0.05) is 48.0 Å². The minimum atomic E-state index is -0.327. The lowest BCUT2D eigenvalue weighted by molar-refractivity contribution is 0.621. The molecule has 0 spiro atoms. The average Bonchev–Trinajstić information content (AvgIpc) is 3.12. The van der Waals surface area contributed by atoms with Crippen molar-refractivity contribution in [1.29, 1.82) is 0 Å². The summed E-state index contributed by atoms with van der Waals surface area (Å²) in [4.78, 5) is 8.78. The number of hydrogen-bond donors (Lipinski definition) is 0. The number of hydrogen-bond acceptors (Lipinski definition) is 2. The SMILES string of the molecule is Cc1ccc(-c2nc3ccccc3c(-n3ccc4cnccc43)c2F)cc1. The third-order valence-electron chi connectivity index (χ3n) is 4.86. The zero-order chi connectivity index (χ0) is 18.4. The normalized spacial score (nSPS) is 11.3. The van der Waals surface area contributed by atoms with Crippen molar-refractivity contribution in [3.63, 3.8) is 0 Å². The molecule has 27 heavy (non-hydrogen) atoms. The average molecular weight is 353 g/mol. The summed E-state index contributed by atoms with van der Waals surface area (Å²) in [6, 6.07) is 19.3. The largest absolute Gasteiger partial charge is 0.313 e. The van der Waals surface area contributed by atoms with Gasteiger partial charge in [0.15, 0.2) is 5.82 Å². The predicted octanol–water partition coefficient (Wildman–Crippen LogP) is 5.69. The second-order valence-corrected chi connectivity index (χ2v) is 6.63. The van der Waals surface area contributed by atoms with E-state index >= 15 is 4.39 Å². The van der Waals surface area contributed by atoms with E-state index in [1.54, 1.807) is 12.4 Å². The van der Waals surface area contributed by atoms with E-state index in [0.717, 1.165) is 32.9 Å². The Balaban J connectivity index is 1.88. The van der Waals surface area contributed by atoms with Crippen LogP contribution >= 0.6 is 0 Å². The number of rotatable bonds is 2. The van der Waals surface area contributed by atoms with Crippen molar-refractivity contribution < 1.29 is 4.39 Å². The van der Waals surface area contributed by atoms with Crippen LogP contribution in [0.1, 0.15) is 5.56 Å². The van der Waals surface area contributed by atoms with Crippen molar-refractivity contribution in [3.05, 3.63) is 90.6 Å². The number of halogens is 1. The molecule has 5 rings (SSSR count). The molecule has 0 fully saturated rings. The first-order valence-electron chi connectivity index (χ1n) is 8.79. The molecule has 4 heteroatoms. The zero-order valence-electron chi connectivity index (χ0n) is 14.7. The van der Waals surface area contributed by atoms with Gasteiger partial charge in [0.05, 0.1) is 16.7 Å². The van der Waals surface area contributed by atoms with Crippen molar-refractivity contribution in [2.45, 2.75) is 6.92 Å². The van der Waals surface area contributed by atoms with E-state index in [1.165, 1.54) is 0 Å². The first-order valence-corrected chi connectivity index (χ1v) is 8.79. The Labute approximate surface area is 155 Å². The summed E-state index contributed by atoms with van der Waals surface area (Å²) in [5.74, 6) is -0.327. The second-order valence-electron chi connectivity index (χ2n) is 6.63. The summed E-state index contributed by atoms with van der Waals surface area (Å²) < 4.78 is 17.7. The van der Waals surface area contributed by atoms with Crippen LogP contribution in [0.15, 0.2) is 79.3 Å². The van der Waals surface area contributed by atoms with Gasteiger partial charge < -0.3 is 4.57 Å². The number of pyridine rings is 2. The quantitative estimate of drug-likeness (QED) is 0.408. The molecule has 0 aliphatic rings. The highest BCUT2D eigenvalue weighted by Crippen LogP contribution is 2.33. The molecule has 3 aromatic heterocycles. The minimum Gasteiger partial charge on any atom is -0.313 e. The molecule has 130 valence electrons. The number of benzene rings is 2. The second kappa shape index (κ2) is 6.02. The van der Waals surface area contributed by atoms with Crippen LogP contribution in [0.3, 0.4) is 0 Å². The Morgan fingerprint density at radius 3 is 2.59 bits per heavy atom. The van der Waals surface area contributed by atoms with Gasteiger partial charge in [0.25, 0.3) is 0 Å². The van der Waals surface area contributed by atoms with Crippen LogP contribution < -0.4 is 0 Å². The third-order valence-corrected chi connectivity index (χ3v) is 4.86. The van der Waals surface area contributed by atoms with E-state index in [-0.39, 0.29) is 5.82 Å². The molecule has 0 aliphatic carbocycles. The van der Waals surface area contributed by atoms with Gasteiger partial charge in [-0.15, -0.1) is 0 Å². The molecule has 0 N–H and O–H groups in total. The number of aromatic nitrogens is 3. The van der Waals surface area contributed by atoms with Crippen LogP contribution in [0.25, 0.3) is 38.8 Å². The van der Waals surface area contributed by atoms with Crippen LogP contribution in [-0.2, 0) is 0 Å². The number of aryl methyl sites for hydroxylation is 1. The van der Waals surface area contributed by atoms with E-state index in [9.17, 15) is 0 Å². The maximum Gasteiger partial charge on any atom is 0.174 e. The Morgan fingerprint density at radius 1 is 0.926 bits per heavy atom. The molecule has 2 aromatic carbocycles. The lowest BCUT2D eigenvalue weighted by atomic mass is 10.1. The predicted molar refractivity (Wildman–Crippen MR) is 107 cm³/mol. The summed E-state index contributed by atoms with van der Waals surface area (Å²) in [5, 5.41) is 1.75. The Morgan fingerprint density at radius 2 is 1.74 bits per heavy atom. The number of fused-ring (bicyclic) bond motifs is 2. The van der Waals surface area contributed by atoms with Crippen LogP contribution in [0.2, 0.25) is 0 Å². The van der Waals surface area contributed by atoms with E-state index in [2.05, 4.69) is 9.97 Å². The summed E-state index contributed by atoms with van der Waals surface area (Å²) in [6.07, 6.45) is 5.39. The van der Waals surface area contributed by atoms with E-state index in [4.69, 9.17) is 0 Å². The molecule has 0 saturated heterocycles. The summed E-state index contributed by atoms with van der Waals surface area (Å²) in [6.45, 7) is 2.01. The zero-order valence-corrected chi connectivity index (χ0v) is 14.7. The summed E-state index contributed by atoms with van der Waals surface area (Å²) in [7, 11) is 0. The van der Waals surface area contributed by atoms with Crippen molar-refractivity contribution in [1.82, 2.24) is 14.5 Å². The van der Waals surface area contributed by atoms with Gasteiger partial charge in [-0.25, -0.2) is 9.37 Å². The highest BCUT2D eigenvalue weighted by molar-refractivity contribution is 5.93. The highest BCUT2D eigenvalue weighted by atomic mass is 19.1. The molecule has 0 unspecified atom stereocenters. The highest BCUT2D eigenvalue weighted by Gasteiger charge is 2.19. The molecule has 0 saturated carbocycles. The van der Waals surface area contributed by atoms with Gasteiger partial charge in [0.2, 0.25) is 0 Å². The lowest BCUT2D eigenvalue weighted by Crippen LogP contribution is -2.02. The topological polar surface area (TPSA) is 30.7 Å². The minimum absolute atomic E-state index is 0.327. The van der Waals surface area contributed by atoms with Crippen molar-refractivity contribution in [2.75, 3.05) is 0 Å². The Kier molecular flexibility index (Phi) is 3.50. The molecule has 0 radical (unpaired) electrons. The van der Waals surface area contributed by atoms with Gasteiger partial charge in [0.1, 0.15) is 5.69 Å². The van der Waals surface area contributed by atoms with Crippen LogP contribution in [0, 0.1) is 12.7 Å². The van der Waals surface area contributed by atoms with Gasteiger partial charge in [-0.2, -0.15) is 0 Å². The van der Waals surface area contributed by atoms with Gasteiger partial charge in [-0.05, 0) is 25.1 Å². The van der Waals surface area contributed by atoms with Crippen LogP contribution in [-0.4, -0.2) is 14.5 Å². The fourth-order valence-corrected chi connectivity index (χ4v) is 3.49. The smallest absolute Gasteiger partial charge is 0.174 e. The fourth-order valence-electron chi connectivity index (χ4n) is 3.49. The molecule has 3 nitrogen and oxygen atoms in total. The Hall–Kier alpha value is -3.53. The molecule has 0 atom stereocenters. The van der Waals surface area contributed by atoms with Crippen molar-refractivity contribution in [2.24, 2.45) is 0 Å². The van der Waals surface area contributed by atoms with E-state index < -0.39 is 0 Å². The number of nitrogens with zero attached hydrogens (tertiary/aromatic N) is 3. The lowest BCUT2D eigenvalue weighted by Gasteiger charge is -2.14. The van der Waals surface area contributed by atoms with Crippen LogP contribution in [0.4, 0.5) is 4.39 Å². The van der Waals surface area contributed by atoms with Gasteiger partial charge in [-0.3, -0.25) is 4.98 Å². The van der Waals surface area contributed by atoms with Crippen molar-refractivity contribution >= 4 is 21.8 Å². The van der Waals surface area contributed by atoms with E-state index in [0.29, 0.717) is 11.4 Å². The molecular formula is C23H16FN3. The molecule has 0 bridgehead atoms. The number of para-hydroxylation sites is 1. The summed E-state index contributed by atoms with van der Waals surface area (Å²) >= 11 is 0.